The largest absolute Gasteiger partial charge is 0.507 e. The molecule has 0 saturated carbocycles. The molecule has 2 nitrogen and oxygen atoms in total. The van der Waals surface area contributed by atoms with Gasteiger partial charge in [0.05, 0.1) is 4.47 Å². The van der Waals surface area contributed by atoms with E-state index >= 15 is 0 Å². The van der Waals surface area contributed by atoms with E-state index in [4.69, 9.17) is 5.73 Å². The second kappa shape index (κ2) is 4.63. The van der Waals surface area contributed by atoms with Crippen LogP contribution in [0.3, 0.4) is 0 Å². The Balaban J connectivity index is 2.73. The molecule has 0 amide bonds. The molecule has 0 aromatic heterocycles. The highest BCUT2D eigenvalue weighted by atomic mass is 79.9. The minimum absolute atomic E-state index is 0.205. The molecule has 1 rings (SSSR count). The van der Waals surface area contributed by atoms with Gasteiger partial charge in [-0.25, -0.2) is 0 Å². The third-order valence-corrected chi connectivity index (χ3v) is 2.67. The first kappa shape index (κ1) is 10.5. The van der Waals surface area contributed by atoms with Crippen molar-refractivity contribution < 1.29 is 5.11 Å². The number of rotatable bonds is 3. The molecule has 0 aliphatic rings. The molecule has 1 aromatic carbocycles. The summed E-state index contributed by atoms with van der Waals surface area (Å²) < 4.78 is 0.730. The van der Waals surface area contributed by atoms with Crippen LogP contribution in [0.15, 0.2) is 22.7 Å². The molecule has 0 radical (unpaired) electrons. The highest BCUT2D eigenvalue weighted by Crippen LogP contribution is 2.24. The summed E-state index contributed by atoms with van der Waals surface area (Å²) in [5.41, 5.74) is 6.97. The van der Waals surface area contributed by atoms with Gasteiger partial charge in [-0.1, -0.05) is 13.0 Å². The number of nitrogens with two attached hydrogens (primary N) is 1. The number of halogens is 1. The van der Waals surface area contributed by atoms with Crippen LogP contribution in [0.1, 0.15) is 18.9 Å². The Morgan fingerprint density at radius 2 is 2.23 bits per heavy atom. The first-order valence-corrected chi connectivity index (χ1v) is 5.15. The Bertz CT molecular complexity index is 288. The Morgan fingerprint density at radius 3 is 2.77 bits per heavy atom. The van der Waals surface area contributed by atoms with Crippen LogP contribution in [0.5, 0.6) is 5.75 Å². The van der Waals surface area contributed by atoms with Crippen molar-refractivity contribution in [2.45, 2.75) is 25.8 Å². The zero-order valence-electron chi connectivity index (χ0n) is 7.63. The summed E-state index contributed by atoms with van der Waals surface area (Å²) >= 11 is 3.27. The molecule has 13 heavy (non-hydrogen) atoms. The van der Waals surface area contributed by atoms with Crippen LogP contribution in [0.4, 0.5) is 0 Å². The van der Waals surface area contributed by atoms with E-state index in [1.807, 2.05) is 12.1 Å². The summed E-state index contributed by atoms with van der Waals surface area (Å²) in [6, 6.07) is 5.69. The van der Waals surface area contributed by atoms with Crippen molar-refractivity contribution in [3.05, 3.63) is 28.2 Å². The van der Waals surface area contributed by atoms with Crippen LogP contribution in [0, 0.1) is 0 Å². The van der Waals surface area contributed by atoms with Gasteiger partial charge in [0.2, 0.25) is 0 Å². The van der Waals surface area contributed by atoms with Crippen molar-refractivity contribution in [2.24, 2.45) is 5.73 Å². The minimum atomic E-state index is 0.205. The average Bonchev–Trinajstić information content (AvgIpc) is 2.11. The summed E-state index contributed by atoms with van der Waals surface area (Å²) in [6.07, 6.45) is 1.83. The van der Waals surface area contributed by atoms with Gasteiger partial charge in [0.1, 0.15) is 5.75 Å². The Kier molecular flexibility index (Phi) is 3.75. The Hall–Kier alpha value is -0.540. The van der Waals surface area contributed by atoms with Gasteiger partial charge in [0, 0.05) is 6.04 Å². The second-order valence-corrected chi connectivity index (χ2v) is 4.01. The maximum atomic E-state index is 9.26. The van der Waals surface area contributed by atoms with Gasteiger partial charge in [-0.3, -0.25) is 0 Å². The van der Waals surface area contributed by atoms with Crippen LogP contribution in [-0.4, -0.2) is 11.1 Å². The van der Waals surface area contributed by atoms with Crippen LogP contribution in [-0.2, 0) is 6.42 Å². The van der Waals surface area contributed by atoms with E-state index in [-0.39, 0.29) is 11.8 Å². The zero-order chi connectivity index (χ0) is 9.84. The lowest BCUT2D eigenvalue weighted by Crippen LogP contribution is -2.21. The standard InChI is InChI=1S/C10H14BrNO/c1-2-8(12)5-7-3-4-10(13)9(11)6-7/h3-4,6,8,13H,2,5,12H2,1H3. The van der Waals surface area contributed by atoms with Crippen LogP contribution >= 0.6 is 15.9 Å². The molecule has 0 saturated heterocycles. The zero-order valence-corrected chi connectivity index (χ0v) is 9.21. The minimum Gasteiger partial charge on any atom is -0.507 e. The van der Waals surface area contributed by atoms with Crippen molar-refractivity contribution in [1.82, 2.24) is 0 Å². The molecule has 3 heteroatoms. The first-order chi connectivity index (χ1) is 6.13. The van der Waals surface area contributed by atoms with E-state index in [0.717, 1.165) is 22.9 Å². The first-order valence-electron chi connectivity index (χ1n) is 4.36. The van der Waals surface area contributed by atoms with Crippen molar-refractivity contribution in [2.75, 3.05) is 0 Å². The van der Waals surface area contributed by atoms with Crippen molar-refractivity contribution in [3.63, 3.8) is 0 Å². The van der Waals surface area contributed by atoms with Gasteiger partial charge in [-0.2, -0.15) is 0 Å². The molecular formula is C10H14BrNO. The number of hydrogen-bond acceptors (Lipinski definition) is 2. The molecule has 0 bridgehead atoms. The smallest absolute Gasteiger partial charge is 0.129 e. The van der Waals surface area contributed by atoms with Gasteiger partial charge in [0.15, 0.2) is 0 Å². The summed E-state index contributed by atoms with van der Waals surface area (Å²) in [7, 11) is 0. The van der Waals surface area contributed by atoms with E-state index in [1.54, 1.807) is 6.07 Å². The van der Waals surface area contributed by atoms with Crippen LogP contribution in [0.25, 0.3) is 0 Å². The summed E-state index contributed by atoms with van der Waals surface area (Å²) in [4.78, 5) is 0. The molecule has 0 fully saturated rings. The summed E-state index contributed by atoms with van der Waals surface area (Å²) in [5.74, 6) is 0.272. The quantitative estimate of drug-likeness (QED) is 0.857. The molecule has 3 N–H and O–H groups in total. The Morgan fingerprint density at radius 1 is 1.54 bits per heavy atom. The fraction of sp³-hybridized carbons (Fsp3) is 0.400. The molecule has 0 aliphatic carbocycles. The van der Waals surface area contributed by atoms with Gasteiger partial charge in [-0.15, -0.1) is 0 Å². The number of benzene rings is 1. The van der Waals surface area contributed by atoms with Crippen molar-refractivity contribution in [3.8, 4) is 5.75 Å². The van der Waals surface area contributed by atoms with Crippen LogP contribution in [0.2, 0.25) is 0 Å². The van der Waals surface area contributed by atoms with Crippen molar-refractivity contribution in [1.29, 1.82) is 0 Å². The summed E-state index contributed by atoms with van der Waals surface area (Å²) in [5, 5.41) is 9.26. The average molecular weight is 244 g/mol. The molecule has 0 spiro atoms. The topological polar surface area (TPSA) is 46.2 Å². The van der Waals surface area contributed by atoms with Crippen molar-refractivity contribution >= 4 is 15.9 Å². The molecule has 72 valence electrons. The Labute approximate surface area is 86.9 Å². The second-order valence-electron chi connectivity index (χ2n) is 3.16. The predicted molar refractivity (Wildman–Crippen MR) is 57.8 cm³/mol. The SMILES string of the molecule is CCC(N)Cc1ccc(O)c(Br)c1. The molecule has 0 aliphatic heterocycles. The molecule has 1 unspecified atom stereocenters. The van der Waals surface area contributed by atoms with E-state index in [2.05, 4.69) is 22.9 Å². The monoisotopic (exact) mass is 243 g/mol. The van der Waals surface area contributed by atoms with Gasteiger partial charge < -0.3 is 10.8 Å². The van der Waals surface area contributed by atoms with E-state index in [0.29, 0.717) is 0 Å². The molecule has 0 heterocycles. The highest BCUT2D eigenvalue weighted by Gasteiger charge is 2.03. The maximum Gasteiger partial charge on any atom is 0.129 e. The third-order valence-electron chi connectivity index (χ3n) is 2.03. The third kappa shape index (κ3) is 3.01. The number of phenols is 1. The normalized spacial score (nSPS) is 12.8. The van der Waals surface area contributed by atoms with E-state index in [1.165, 1.54) is 0 Å². The maximum absolute atomic E-state index is 9.26. The lowest BCUT2D eigenvalue weighted by atomic mass is 10.1. The lowest BCUT2D eigenvalue weighted by Gasteiger charge is -2.09. The predicted octanol–water partition coefficient (Wildman–Crippen LogP) is 2.43. The fourth-order valence-corrected chi connectivity index (χ4v) is 1.55. The number of phenolic OH excluding ortho intramolecular Hbond substituents is 1. The summed E-state index contributed by atoms with van der Waals surface area (Å²) in [6.45, 7) is 2.07. The fourth-order valence-electron chi connectivity index (χ4n) is 1.12. The number of aromatic hydroxyl groups is 1. The lowest BCUT2D eigenvalue weighted by molar-refractivity contribution is 0.471. The van der Waals surface area contributed by atoms with Gasteiger partial charge in [-0.05, 0) is 46.5 Å². The molecule has 1 atom stereocenters. The van der Waals surface area contributed by atoms with Gasteiger partial charge in [0.25, 0.3) is 0 Å². The molecule has 1 aromatic rings. The molecular weight excluding hydrogens is 230 g/mol. The van der Waals surface area contributed by atoms with E-state index < -0.39 is 0 Å². The van der Waals surface area contributed by atoms with Gasteiger partial charge >= 0.3 is 0 Å². The number of hydrogen-bond donors (Lipinski definition) is 2. The highest BCUT2D eigenvalue weighted by molar-refractivity contribution is 9.10. The van der Waals surface area contributed by atoms with E-state index in [9.17, 15) is 5.11 Å². The van der Waals surface area contributed by atoms with Crippen LogP contribution < -0.4 is 5.73 Å².